The maximum Gasteiger partial charge on any atom is 0.251 e. The first kappa shape index (κ1) is 13.3. The van der Waals surface area contributed by atoms with Crippen molar-refractivity contribution in [3.63, 3.8) is 0 Å². The van der Waals surface area contributed by atoms with Crippen molar-refractivity contribution >= 4 is 11.6 Å². The average molecular weight is 238 g/mol. The van der Waals surface area contributed by atoms with Gasteiger partial charge in [0, 0.05) is 32.7 Å². The molecule has 0 radical (unpaired) electrons. The van der Waals surface area contributed by atoms with Crippen molar-refractivity contribution in [3.05, 3.63) is 23.8 Å². The second-order valence-electron chi connectivity index (χ2n) is 3.53. The molecule has 0 aliphatic carbocycles. The highest BCUT2D eigenvalue weighted by atomic mass is 16.5. The molecule has 0 fully saturated rings. The van der Waals surface area contributed by atoms with Gasteiger partial charge < -0.3 is 20.5 Å². The predicted molar refractivity (Wildman–Crippen MR) is 66.2 cm³/mol. The number of methoxy groups -OCH3 is 1. The summed E-state index contributed by atoms with van der Waals surface area (Å²) in [7, 11) is 3.22. The summed E-state index contributed by atoms with van der Waals surface area (Å²) in [5.74, 6) is 0.427. The number of hydrogen-bond donors (Lipinski definition) is 2. The Morgan fingerprint density at radius 3 is 2.76 bits per heavy atom. The van der Waals surface area contributed by atoms with Crippen LogP contribution in [-0.4, -0.2) is 33.3 Å². The lowest BCUT2D eigenvalue weighted by Gasteiger charge is -2.09. The molecule has 0 saturated carbocycles. The summed E-state index contributed by atoms with van der Waals surface area (Å²) in [4.78, 5) is 11.4. The smallest absolute Gasteiger partial charge is 0.251 e. The van der Waals surface area contributed by atoms with Crippen molar-refractivity contribution in [2.24, 2.45) is 0 Å². The summed E-state index contributed by atoms with van der Waals surface area (Å²) >= 11 is 0. The molecule has 1 rings (SSSR count). The zero-order valence-electron chi connectivity index (χ0n) is 10.2. The number of carbonyl (C=O) groups is 1. The first-order valence-electron chi connectivity index (χ1n) is 5.42. The van der Waals surface area contributed by atoms with E-state index in [1.165, 1.54) is 0 Å². The van der Waals surface area contributed by atoms with Crippen LogP contribution in [-0.2, 0) is 4.74 Å². The summed E-state index contributed by atoms with van der Waals surface area (Å²) in [5, 5.41) is 2.54. The Morgan fingerprint density at radius 1 is 1.41 bits per heavy atom. The number of hydrogen-bond acceptors (Lipinski definition) is 4. The second-order valence-corrected chi connectivity index (χ2v) is 3.53. The van der Waals surface area contributed by atoms with Gasteiger partial charge in [-0.1, -0.05) is 0 Å². The van der Waals surface area contributed by atoms with Gasteiger partial charge in [-0.05, 0) is 18.2 Å². The lowest BCUT2D eigenvalue weighted by atomic mass is 10.2. The van der Waals surface area contributed by atoms with Crippen LogP contribution in [0.4, 0.5) is 5.69 Å². The van der Waals surface area contributed by atoms with E-state index in [4.69, 9.17) is 15.2 Å². The molecular formula is C12H18N2O3. The van der Waals surface area contributed by atoms with Gasteiger partial charge in [-0.3, -0.25) is 4.79 Å². The Kier molecular flexibility index (Phi) is 5.29. The topological polar surface area (TPSA) is 73.6 Å². The molecule has 0 aliphatic heterocycles. The molecule has 1 aromatic rings. The minimum Gasteiger partial charge on any atom is -0.491 e. The van der Waals surface area contributed by atoms with E-state index in [1.807, 2.05) is 0 Å². The van der Waals surface area contributed by atoms with Gasteiger partial charge in [0.2, 0.25) is 0 Å². The number of nitrogens with one attached hydrogen (secondary N) is 1. The molecule has 1 aromatic carbocycles. The summed E-state index contributed by atoms with van der Waals surface area (Å²) in [5.41, 5.74) is 6.78. The fraction of sp³-hybridized carbons (Fsp3) is 0.417. The van der Waals surface area contributed by atoms with E-state index < -0.39 is 0 Å². The molecule has 94 valence electrons. The molecule has 0 aromatic heterocycles. The minimum atomic E-state index is -0.164. The second kappa shape index (κ2) is 6.75. The average Bonchev–Trinajstić information content (AvgIpc) is 2.35. The molecule has 17 heavy (non-hydrogen) atoms. The molecule has 1 amide bonds. The maximum atomic E-state index is 11.4. The molecule has 0 bridgehead atoms. The number of anilines is 1. The van der Waals surface area contributed by atoms with Gasteiger partial charge in [0.25, 0.3) is 5.91 Å². The number of amides is 1. The number of nitrogen functional groups attached to an aromatic ring is 1. The normalized spacial score (nSPS) is 10.0. The quantitative estimate of drug-likeness (QED) is 0.573. The van der Waals surface area contributed by atoms with Crippen LogP contribution in [0, 0.1) is 0 Å². The third-order valence-electron chi connectivity index (χ3n) is 2.25. The van der Waals surface area contributed by atoms with E-state index in [2.05, 4.69) is 5.32 Å². The van der Waals surface area contributed by atoms with Crippen molar-refractivity contribution in [1.29, 1.82) is 0 Å². The molecule has 0 spiro atoms. The molecule has 0 heterocycles. The van der Waals surface area contributed by atoms with Crippen LogP contribution in [0.1, 0.15) is 16.8 Å². The van der Waals surface area contributed by atoms with Crippen molar-refractivity contribution in [3.8, 4) is 5.75 Å². The van der Waals surface area contributed by atoms with Crippen LogP contribution in [0.3, 0.4) is 0 Å². The third-order valence-corrected chi connectivity index (χ3v) is 2.25. The summed E-state index contributed by atoms with van der Waals surface area (Å²) in [6.07, 6.45) is 0.799. The fourth-order valence-corrected chi connectivity index (χ4v) is 1.35. The van der Waals surface area contributed by atoms with Gasteiger partial charge in [0.15, 0.2) is 0 Å². The zero-order chi connectivity index (χ0) is 12.7. The number of nitrogens with two attached hydrogens (primary N) is 1. The highest BCUT2D eigenvalue weighted by molar-refractivity contribution is 5.95. The van der Waals surface area contributed by atoms with Crippen molar-refractivity contribution < 1.29 is 14.3 Å². The fourth-order valence-electron chi connectivity index (χ4n) is 1.35. The molecule has 0 atom stereocenters. The Labute approximate surface area is 101 Å². The van der Waals surface area contributed by atoms with Gasteiger partial charge in [-0.15, -0.1) is 0 Å². The molecule has 5 heteroatoms. The van der Waals surface area contributed by atoms with E-state index in [-0.39, 0.29) is 5.91 Å². The van der Waals surface area contributed by atoms with E-state index in [0.29, 0.717) is 30.2 Å². The van der Waals surface area contributed by atoms with Crippen LogP contribution in [0.5, 0.6) is 5.75 Å². The SMILES string of the molecule is CNC(=O)c1ccc(OCCCOC)c(N)c1. The number of benzene rings is 1. The van der Waals surface area contributed by atoms with Gasteiger partial charge in [0.05, 0.1) is 12.3 Å². The lowest BCUT2D eigenvalue weighted by molar-refractivity contribution is 0.0963. The first-order valence-corrected chi connectivity index (χ1v) is 5.42. The summed E-state index contributed by atoms with van der Waals surface area (Å²) < 4.78 is 10.4. The van der Waals surface area contributed by atoms with Crippen LogP contribution >= 0.6 is 0 Å². The highest BCUT2D eigenvalue weighted by Crippen LogP contribution is 2.22. The number of rotatable bonds is 6. The van der Waals surface area contributed by atoms with Crippen LogP contribution in [0.15, 0.2) is 18.2 Å². The van der Waals surface area contributed by atoms with Gasteiger partial charge in [0.1, 0.15) is 5.75 Å². The highest BCUT2D eigenvalue weighted by Gasteiger charge is 2.06. The third kappa shape index (κ3) is 3.96. The van der Waals surface area contributed by atoms with Crippen molar-refractivity contribution in [2.45, 2.75) is 6.42 Å². The molecule has 0 saturated heterocycles. The van der Waals surface area contributed by atoms with Crippen LogP contribution in [0.2, 0.25) is 0 Å². The maximum absolute atomic E-state index is 11.4. The molecule has 5 nitrogen and oxygen atoms in total. The molecule has 0 aliphatic rings. The summed E-state index contributed by atoms with van der Waals surface area (Å²) in [6.45, 7) is 1.19. The van der Waals surface area contributed by atoms with E-state index in [1.54, 1.807) is 32.4 Å². The number of ether oxygens (including phenoxy) is 2. The van der Waals surface area contributed by atoms with Gasteiger partial charge in [-0.2, -0.15) is 0 Å². The number of carbonyl (C=O) groups excluding carboxylic acids is 1. The Balaban J connectivity index is 2.60. The van der Waals surface area contributed by atoms with Crippen LogP contribution in [0.25, 0.3) is 0 Å². The van der Waals surface area contributed by atoms with Crippen molar-refractivity contribution in [1.82, 2.24) is 5.32 Å². The molecule has 0 unspecified atom stereocenters. The Bertz CT molecular complexity index is 380. The minimum absolute atomic E-state index is 0.164. The molecule has 3 N–H and O–H groups in total. The Morgan fingerprint density at radius 2 is 2.18 bits per heavy atom. The van der Waals surface area contributed by atoms with Crippen LogP contribution < -0.4 is 15.8 Å². The first-order chi connectivity index (χ1) is 8.19. The Hall–Kier alpha value is -1.75. The van der Waals surface area contributed by atoms with Crippen molar-refractivity contribution in [2.75, 3.05) is 33.1 Å². The zero-order valence-corrected chi connectivity index (χ0v) is 10.2. The van der Waals surface area contributed by atoms with Gasteiger partial charge in [-0.25, -0.2) is 0 Å². The van der Waals surface area contributed by atoms with E-state index >= 15 is 0 Å². The monoisotopic (exact) mass is 238 g/mol. The predicted octanol–water partition coefficient (Wildman–Crippen LogP) is 1.04. The largest absolute Gasteiger partial charge is 0.491 e. The van der Waals surface area contributed by atoms with E-state index in [9.17, 15) is 4.79 Å². The van der Waals surface area contributed by atoms with Gasteiger partial charge >= 0.3 is 0 Å². The molecular weight excluding hydrogens is 220 g/mol. The lowest BCUT2D eigenvalue weighted by Crippen LogP contribution is -2.18. The summed E-state index contributed by atoms with van der Waals surface area (Å²) in [6, 6.07) is 4.98. The van der Waals surface area contributed by atoms with E-state index in [0.717, 1.165) is 6.42 Å². The standard InChI is InChI=1S/C12H18N2O3/c1-14-12(15)9-4-5-11(10(13)8-9)17-7-3-6-16-2/h4-5,8H,3,6-7,13H2,1-2H3,(H,14,15).